The summed E-state index contributed by atoms with van der Waals surface area (Å²) in [4.78, 5) is 18.7. The second kappa shape index (κ2) is 10.0. The highest BCUT2D eigenvalue weighted by atomic mass is 32.1. The minimum atomic E-state index is -0.375. The Morgan fingerprint density at radius 2 is 1.82 bits per heavy atom. The lowest BCUT2D eigenvalue weighted by atomic mass is 9.87. The maximum Gasteiger partial charge on any atom is 0.254 e. The van der Waals surface area contributed by atoms with Gasteiger partial charge in [-0.05, 0) is 78.8 Å². The number of aryl methyl sites for hydroxylation is 2. The van der Waals surface area contributed by atoms with E-state index < -0.39 is 0 Å². The quantitative estimate of drug-likeness (QED) is 0.411. The van der Waals surface area contributed by atoms with Crippen molar-refractivity contribution >= 4 is 28.2 Å². The van der Waals surface area contributed by atoms with Gasteiger partial charge in [0.05, 0.1) is 32.4 Å². The SMILES string of the molecule is COCCNC(=S)N1CCc2cc(OC)c(OC)cc2[C@H]1c1cc2cc(C)cc(C)c2[nH]c1=O. The molecule has 0 radical (unpaired) electrons. The number of nitrogens with one attached hydrogen (secondary N) is 2. The molecule has 0 saturated carbocycles. The first kappa shape index (κ1) is 24.0. The molecule has 0 unspecified atom stereocenters. The summed E-state index contributed by atoms with van der Waals surface area (Å²) in [6.45, 7) is 5.86. The molecule has 3 aromatic rings. The maximum absolute atomic E-state index is 13.5. The van der Waals surface area contributed by atoms with E-state index in [0.29, 0.717) is 41.9 Å². The predicted octanol–water partition coefficient (Wildman–Crippen LogP) is 3.63. The van der Waals surface area contributed by atoms with Crippen LogP contribution in [-0.4, -0.2) is 56.0 Å². The van der Waals surface area contributed by atoms with Crippen molar-refractivity contribution in [1.29, 1.82) is 0 Å². The number of thiocarbonyl (C=S) groups is 1. The largest absolute Gasteiger partial charge is 0.493 e. The lowest BCUT2D eigenvalue weighted by Crippen LogP contribution is -2.47. The number of benzene rings is 2. The van der Waals surface area contributed by atoms with Gasteiger partial charge >= 0.3 is 0 Å². The first-order valence-electron chi connectivity index (χ1n) is 11.3. The summed E-state index contributed by atoms with van der Waals surface area (Å²) in [5.74, 6) is 1.29. The predicted molar refractivity (Wildman–Crippen MR) is 138 cm³/mol. The van der Waals surface area contributed by atoms with Gasteiger partial charge < -0.3 is 29.4 Å². The number of fused-ring (bicyclic) bond motifs is 2. The lowest BCUT2D eigenvalue weighted by Gasteiger charge is -2.39. The molecule has 4 rings (SSSR count). The zero-order valence-corrected chi connectivity index (χ0v) is 21.1. The number of H-pyrrole nitrogens is 1. The fourth-order valence-corrected chi connectivity index (χ4v) is 5.07. The van der Waals surface area contributed by atoms with E-state index in [2.05, 4.69) is 34.3 Å². The van der Waals surface area contributed by atoms with Crippen LogP contribution in [0.5, 0.6) is 11.5 Å². The number of pyridine rings is 1. The normalized spacial score (nSPS) is 15.2. The molecule has 0 spiro atoms. The zero-order valence-electron chi connectivity index (χ0n) is 20.3. The van der Waals surface area contributed by atoms with Crippen LogP contribution in [0.2, 0.25) is 0 Å². The zero-order chi connectivity index (χ0) is 24.4. The van der Waals surface area contributed by atoms with Crippen LogP contribution >= 0.6 is 12.2 Å². The molecule has 0 aliphatic carbocycles. The van der Waals surface area contributed by atoms with Gasteiger partial charge in [-0.2, -0.15) is 0 Å². The van der Waals surface area contributed by atoms with Gasteiger partial charge in [-0.15, -0.1) is 0 Å². The number of aromatic amines is 1. The standard InChI is InChI=1S/C26H31N3O4S/c1-15-10-16(2)23-18(11-15)12-20(25(30)28-23)24-19-14-22(33-5)21(32-4)13-17(19)6-8-29(24)26(34)27-7-9-31-3/h10-14,24H,6-9H2,1-5H3,(H,27,34)(H,28,30)/t24-/m0/s1. The topological polar surface area (TPSA) is 75.8 Å². The summed E-state index contributed by atoms with van der Waals surface area (Å²) < 4.78 is 16.3. The molecule has 2 heterocycles. The van der Waals surface area contributed by atoms with E-state index in [4.69, 9.17) is 26.4 Å². The average Bonchev–Trinajstić information content (AvgIpc) is 2.82. The van der Waals surface area contributed by atoms with E-state index in [-0.39, 0.29) is 11.6 Å². The summed E-state index contributed by atoms with van der Waals surface area (Å²) >= 11 is 5.78. The number of aromatic nitrogens is 1. The summed E-state index contributed by atoms with van der Waals surface area (Å²) in [6.07, 6.45) is 0.766. The van der Waals surface area contributed by atoms with Crippen LogP contribution in [0.3, 0.4) is 0 Å². The minimum Gasteiger partial charge on any atom is -0.493 e. The van der Waals surface area contributed by atoms with E-state index in [1.807, 2.05) is 25.1 Å². The molecule has 2 N–H and O–H groups in total. The first-order chi connectivity index (χ1) is 16.4. The Balaban J connectivity index is 1.90. The second-order valence-electron chi connectivity index (χ2n) is 8.58. The van der Waals surface area contributed by atoms with Crippen LogP contribution in [0, 0.1) is 13.8 Å². The Morgan fingerprint density at radius 1 is 1.09 bits per heavy atom. The third-order valence-electron chi connectivity index (χ3n) is 6.33. The summed E-state index contributed by atoms with van der Waals surface area (Å²) in [6, 6.07) is 9.76. The average molecular weight is 482 g/mol. The van der Waals surface area contributed by atoms with E-state index in [9.17, 15) is 4.79 Å². The summed E-state index contributed by atoms with van der Waals surface area (Å²) in [5.41, 5.74) is 5.65. The minimum absolute atomic E-state index is 0.128. The second-order valence-corrected chi connectivity index (χ2v) is 8.96. The Hall–Kier alpha value is -3.10. The van der Waals surface area contributed by atoms with Crippen LogP contribution in [0.4, 0.5) is 0 Å². The third-order valence-corrected chi connectivity index (χ3v) is 6.71. The molecule has 1 aromatic heterocycles. The van der Waals surface area contributed by atoms with Crippen LogP contribution < -0.4 is 20.3 Å². The highest BCUT2D eigenvalue weighted by Gasteiger charge is 2.33. The molecule has 1 aliphatic rings. The number of methoxy groups -OCH3 is 3. The van der Waals surface area contributed by atoms with Gasteiger partial charge in [-0.1, -0.05) is 11.6 Å². The van der Waals surface area contributed by atoms with Crippen molar-refractivity contribution in [2.75, 3.05) is 41.0 Å². The van der Waals surface area contributed by atoms with Gasteiger partial charge in [0, 0.05) is 25.8 Å². The van der Waals surface area contributed by atoms with Gasteiger partial charge in [0.1, 0.15) is 0 Å². The van der Waals surface area contributed by atoms with Crippen LogP contribution in [0.25, 0.3) is 10.9 Å². The summed E-state index contributed by atoms with van der Waals surface area (Å²) in [7, 11) is 4.90. The molecule has 180 valence electrons. The smallest absolute Gasteiger partial charge is 0.254 e. The van der Waals surface area contributed by atoms with Crippen LogP contribution in [-0.2, 0) is 11.2 Å². The van der Waals surface area contributed by atoms with E-state index in [1.54, 1.807) is 21.3 Å². The van der Waals surface area contributed by atoms with Crippen molar-refractivity contribution < 1.29 is 14.2 Å². The lowest BCUT2D eigenvalue weighted by molar-refractivity contribution is 0.202. The Bertz CT molecular complexity index is 1290. The van der Waals surface area contributed by atoms with Crippen molar-refractivity contribution in [2.24, 2.45) is 0 Å². The Labute approximate surface area is 205 Å². The van der Waals surface area contributed by atoms with Crippen LogP contribution in [0.1, 0.15) is 33.9 Å². The number of hydrogen-bond donors (Lipinski definition) is 2. The molecular weight excluding hydrogens is 450 g/mol. The van der Waals surface area contributed by atoms with Crippen molar-refractivity contribution in [3.8, 4) is 11.5 Å². The molecule has 8 heteroatoms. The molecule has 1 aliphatic heterocycles. The third kappa shape index (κ3) is 4.48. The Kier molecular flexibility index (Phi) is 7.09. The van der Waals surface area contributed by atoms with E-state index in [1.165, 1.54) is 0 Å². The van der Waals surface area contributed by atoms with Crippen molar-refractivity contribution in [2.45, 2.75) is 26.3 Å². The van der Waals surface area contributed by atoms with Crippen LogP contribution in [0.15, 0.2) is 35.1 Å². The number of hydrogen-bond acceptors (Lipinski definition) is 5. The molecular formula is C26H31N3O4S. The van der Waals surface area contributed by atoms with Gasteiger partial charge in [-0.25, -0.2) is 0 Å². The van der Waals surface area contributed by atoms with Gasteiger partial charge in [-0.3, -0.25) is 4.79 Å². The Morgan fingerprint density at radius 3 is 2.53 bits per heavy atom. The highest BCUT2D eigenvalue weighted by molar-refractivity contribution is 7.80. The van der Waals surface area contributed by atoms with Gasteiger partial charge in [0.15, 0.2) is 16.6 Å². The van der Waals surface area contributed by atoms with E-state index in [0.717, 1.165) is 39.6 Å². The van der Waals surface area contributed by atoms with E-state index >= 15 is 0 Å². The molecule has 0 amide bonds. The van der Waals surface area contributed by atoms with Gasteiger partial charge in [0.2, 0.25) is 0 Å². The number of rotatable bonds is 6. The molecule has 34 heavy (non-hydrogen) atoms. The summed E-state index contributed by atoms with van der Waals surface area (Å²) in [5, 5.41) is 4.86. The molecule has 2 aromatic carbocycles. The molecule has 1 atom stereocenters. The fourth-order valence-electron chi connectivity index (χ4n) is 4.77. The fraction of sp³-hybridized carbons (Fsp3) is 0.385. The molecule has 0 saturated heterocycles. The van der Waals surface area contributed by atoms with Crippen molar-refractivity contribution in [3.63, 3.8) is 0 Å². The highest BCUT2D eigenvalue weighted by Crippen LogP contribution is 2.40. The number of nitrogens with zero attached hydrogens (tertiary/aromatic N) is 1. The maximum atomic E-state index is 13.5. The van der Waals surface area contributed by atoms with Crippen molar-refractivity contribution in [1.82, 2.24) is 15.2 Å². The molecule has 0 bridgehead atoms. The van der Waals surface area contributed by atoms with Gasteiger partial charge in [0.25, 0.3) is 5.56 Å². The monoisotopic (exact) mass is 481 g/mol. The first-order valence-corrected chi connectivity index (χ1v) is 11.7. The van der Waals surface area contributed by atoms with Crippen molar-refractivity contribution in [3.05, 3.63) is 68.5 Å². The number of ether oxygens (including phenoxy) is 3. The molecule has 0 fully saturated rings. The molecule has 7 nitrogen and oxygen atoms in total.